The number of ketones is 2. The molecule has 0 aromatic carbocycles. The quantitative estimate of drug-likeness (QED) is 0.418. The zero-order valence-electron chi connectivity index (χ0n) is 23.6. The number of carbonyl (C=O) groups excluding carboxylic acids is 4. The van der Waals surface area contributed by atoms with Crippen molar-refractivity contribution in [1.29, 1.82) is 5.26 Å². The third kappa shape index (κ3) is 3.31. The Kier molecular flexibility index (Phi) is 5.91. The molecule has 3 saturated carbocycles. The molecule has 0 bridgehead atoms. The van der Waals surface area contributed by atoms with Crippen molar-refractivity contribution in [1.82, 2.24) is 10.9 Å². The minimum atomic E-state index is -0.701. The van der Waals surface area contributed by atoms with Crippen LogP contribution in [0, 0.1) is 62.1 Å². The zero-order chi connectivity index (χ0) is 27.9. The van der Waals surface area contributed by atoms with Gasteiger partial charge in [0, 0.05) is 17.3 Å². The van der Waals surface area contributed by atoms with E-state index in [9.17, 15) is 24.4 Å². The molecule has 5 rings (SSSR count). The Morgan fingerprint density at radius 2 is 1.74 bits per heavy atom. The Morgan fingerprint density at radius 1 is 1.05 bits per heavy atom. The number of fused-ring (bicyclic) bond motifs is 7. The standard InChI is InChI=1S/C31H41N3O4/c1-18-20-7-8-29(5)23(28(20,4)14-19(16-32)25(18)37)13-22(36)24-21-15-27(2,3)9-11-31(21,12-10-30(24,29)6)26(38)34-33-17-35/h13-14,17-18,20-21,24H,7-12,15H2,1-6H3,(H,33,35)(H,34,38)/t18-,20-,21+,24?,28-,29+,30+,31-/m0/s1. The van der Waals surface area contributed by atoms with E-state index in [1.165, 1.54) is 0 Å². The molecule has 0 aromatic heterocycles. The first-order chi connectivity index (χ1) is 17.7. The highest BCUT2D eigenvalue weighted by Crippen LogP contribution is 2.73. The van der Waals surface area contributed by atoms with Gasteiger partial charge in [0.15, 0.2) is 11.6 Å². The van der Waals surface area contributed by atoms with E-state index in [4.69, 9.17) is 0 Å². The third-order valence-electron chi connectivity index (χ3n) is 12.2. The minimum absolute atomic E-state index is 0.00317. The molecule has 7 heteroatoms. The number of nitrogens with one attached hydrogen (secondary N) is 2. The van der Waals surface area contributed by atoms with Crippen LogP contribution in [0.1, 0.15) is 86.5 Å². The van der Waals surface area contributed by atoms with Gasteiger partial charge in [-0.1, -0.05) is 53.2 Å². The first-order valence-electron chi connectivity index (χ1n) is 14.1. The van der Waals surface area contributed by atoms with Crippen LogP contribution in [0.5, 0.6) is 0 Å². The molecular weight excluding hydrogens is 478 g/mol. The second-order valence-electron chi connectivity index (χ2n) is 14.3. The topological polar surface area (TPSA) is 116 Å². The average Bonchev–Trinajstić information content (AvgIpc) is 2.86. The molecule has 0 spiro atoms. The monoisotopic (exact) mass is 519 g/mol. The summed E-state index contributed by atoms with van der Waals surface area (Å²) in [5, 5.41) is 9.76. The van der Waals surface area contributed by atoms with Crippen molar-refractivity contribution >= 4 is 23.9 Å². The Labute approximate surface area is 225 Å². The van der Waals surface area contributed by atoms with E-state index in [0.717, 1.165) is 37.7 Å². The average molecular weight is 520 g/mol. The predicted molar refractivity (Wildman–Crippen MR) is 142 cm³/mol. The second kappa shape index (κ2) is 8.37. The maximum atomic E-state index is 14.4. The van der Waals surface area contributed by atoms with E-state index in [0.29, 0.717) is 19.3 Å². The van der Waals surface area contributed by atoms with Crippen molar-refractivity contribution in [2.24, 2.45) is 50.7 Å². The molecular formula is C31H41N3O4. The van der Waals surface area contributed by atoms with Gasteiger partial charge < -0.3 is 0 Å². The lowest BCUT2D eigenvalue weighted by Crippen LogP contribution is -2.66. The summed E-state index contributed by atoms with van der Waals surface area (Å²) in [6.07, 6.45) is 9.66. The van der Waals surface area contributed by atoms with Crippen LogP contribution in [-0.2, 0) is 19.2 Å². The number of nitriles is 1. The number of rotatable bonds is 3. The fourth-order valence-electron chi connectivity index (χ4n) is 9.87. The highest BCUT2D eigenvalue weighted by atomic mass is 16.2. The summed E-state index contributed by atoms with van der Waals surface area (Å²) < 4.78 is 0. The molecule has 8 atom stereocenters. The molecule has 0 aromatic rings. The van der Waals surface area contributed by atoms with Crippen molar-refractivity contribution < 1.29 is 19.2 Å². The lowest BCUT2D eigenvalue weighted by molar-refractivity contribution is -0.178. The van der Waals surface area contributed by atoms with E-state index in [1.807, 2.05) is 19.1 Å². The van der Waals surface area contributed by atoms with Crippen molar-refractivity contribution in [3.8, 4) is 6.07 Å². The van der Waals surface area contributed by atoms with Gasteiger partial charge in [-0.05, 0) is 79.1 Å². The molecule has 7 nitrogen and oxygen atoms in total. The molecule has 3 fully saturated rings. The van der Waals surface area contributed by atoms with E-state index < -0.39 is 10.8 Å². The Morgan fingerprint density at radius 3 is 2.39 bits per heavy atom. The van der Waals surface area contributed by atoms with Crippen LogP contribution in [0.15, 0.2) is 23.3 Å². The number of carbonyl (C=O) groups is 4. The van der Waals surface area contributed by atoms with Crippen molar-refractivity contribution in [2.45, 2.75) is 86.5 Å². The van der Waals surface area contributed by atoms with Crippen LogP contribution in [0.3, 0.4) is 0 Å². The summed E-state index contributed by atoms with van der Waals surface area (Å²) >= 11 is 0. The third-order valence-corrected chi connectivity index (χ3v) is 12.2. The largest absolute Gasteiger partial charge is 0.295 e. The highest BCUT2D eigenvalue weighted by molar-refractivity contribution is 6.02. The van der Waals surface area contributed by atoms with Crippen LogP contribution in [0.2, 0.25) is 0 Å². The summed E-state index contributed by atoms with van der Waals surface area (Å²) in [5.74, 6) is -0.865. The minimum Gasteiger partial charge on any atom is -0.295 e. The van der Waals surface area contributed by atoms with Crippen molar-refractivity contribution in [3.63, 3.8) is 0 Å². The van der Waals surface area contributed by atoms with E-state index >= 15 is 0 Å². The first kappa shape index (κ1) is 26.8. The summed E-state index contributed by atoms with van der Waals surface area (Å²) in [4.78, 5) is 51.9. The molecule has 38 heavy (non-hydrogen) atoms. The van der Waals surface area contributed by atoms with Gasteiger partial charge in [0.25, 0.3) is 0 Å². The van der Waals surface area contributed by atoms with Gasteiger partial charge in [0.1, 0.15) is 6.07 Å². The Balaban J connectivity index is 1.66. The number of amides is 2. The fraction of sp³-hybridized carbons (Fsp3) is 0.710. The second-order valence-corrected chi connectivity index (χ2v) is 14.3. The summed E-state index contributed by atoms with van der Waals surface area (Å²) in [5.41, 5.74) is 4.33. The van der Waals surface area contributed by atoms with E-state index in [-0.39, 0.29) is 63.0 Å². The number of hydrogen-bond acceptors (Lipinski definition) is 5. The van der Waals surface area contributed by atoms with Crippen LogP contribution in [0.4, 0.5) is 0 Å². The van der Waals surface area contributed by atoms with Gasteiger partial charge in [0.2, 0.25) is 12.3 Å². The smallest absolute Gasteiger partial charge is 0.244 e. The molecule has 1 unspecified atom stereocenters. The number of hydrogen-bond donors (Lipinski definition) is 2. The number of allylic oxidation sites excluding steroid dienone is 4. The zero-order valence-corrected chi connectivity index (χ0v) is 23.6. The molecule has 5 aliphatic rings. The van der Waals surface area contributed by atoms with Crippen molar-refractivity contribution in [2.75, 3.05) is 0 Å². The normalized spacial score (nSPS) is 45.1. The molecule has 0 radical (unpaired) electrons. The Bertz CT molecular complexity index is 1230. The van der Waals surface area contributed by atoms with Gasteiger partial charge in [0.05, 0.1) is 11.0 Å². The highest BCUT2D eigenvalue weighted by Gasteiger charge is 2.70. The molecule has 2 amide bonds. The molecule has 5 aliphatic carbocycles. The van der Waals surface area contributed by atoms with E-state index in [2.05, 4.69) is 51.5 Å². The molecule has 2 N–H and O–H groups in total. The van der Waals surface area contributed by atoms with Crippen LogP contribution < -0.4 is 10.9 Å². The van der Waals surface area contributed by atoms with Gasteiger partial charge in [-0.15, -0.1) is 0 Å². The van der Waals surface area contributed by atoms with Gasteiger partial charge in [-0.3, -0.25) is 30.0 Å². The summed E-state index contributed by atoms with van der Waals surface area (Å²) in [7, 11) is 0. The maximum Gasteiger partial charge on any atom is 0.244 e. The summed E-state index contributed by atoms with van der Waals surface area (Å²) in [6.45, 7) is 13.0. The molecule has 204 valence electrons. The SMILES string of the molecule is C[C@@H]1C(=O)C(C#N)=C[C@]2(C)C3=CC(=O)C4[C@H]5CC(C)(C)CC[C@]5(C(=O)NNC=O)CC[C@@]4(C)[C@]3(C)CC[C@@H]12. The van der Waals surface area contributed by atoms with Crippen molar-refractivity contribution in [3.05, 3.63) is 23.3 Å². The predicted octanol–water partition coefficient (Wildman–Crippen LogP) is 4.59. The molecule has 0 saturated heterocycles. The number of Topliss-reactive ketones (excluding diaryl/α,β-unsaturated/α-hetero) is 1. The Hall–Kier alpha value is -2.75. The molecule has 0 heterocycles. The van der Waals surface area contributed by atoms with E-state index in [1.54, 1.807) is 0 Å². The number of hydrazine groups is 1. The molecule has 0 aliphatic heterocycles. The van der Waals surface area contributed by atoms with Crippen LogP contribution in [-0.4, -0.2) is 23.9 Å². The lowest BCUT2D eigenvalue weighted by atomic mass is 9.35. The van der Waals surface area contributed by atoms with Gasteiger partial charge >= 0.3 is 0 Å². The lowest BCUT2D eigenvalue weighted by Gasteiger charge is -2.68. The van der Waals surface area contributed by atoms with Gasteiger partial charge in [-0.25, -0.2) is 0 Å². The first-order valence-corrected chi connectivity index (χ1v) is 14.1. The summed E-state index contributed by atoms with van der Waals surface area (Å²) in [6, 6.07) is 2.13. The maximum absolute atomic E-state index is 14.4. The van der Waals surface area contributed by atoms with Crippen LogP contribution in [0.25, 0.3) is 0 Å². The number of nitrogens with zero attached hydrogens (tertiary/aromatic N) is 1. The van der Waals surface area contributed by atoms with Crippen LogP contribution >= 0.6 is 0 Å². The fourth-order valence-corrected chi connectivity index (χ4v) is 9.87. The van der Waals surface area contributed by atoms with Gasteiger partial charge in [-0.2, -0.15) is 5.26 Å².